The van der Waals surface area contributed by atoms with E-state index in [2.05, 4.69) is 5.10 Å². The molecule has 136 valence electrons. The van der Waals surface area contributed by atoms with Gasteiger partial charge in [0.05, 0.1) is 24.6 Å². The van der Waals surface area contributed by atoms with Crippen molar-refractivity contribution in [3.63, 3.8) is 0 Å². The topological polar surface area (TPSA) is 115 Å². The molecule has 2 heterocycles. The van der Waals surface area contributed by atoms with Gasteiger partial charge in [-0.25, -0.2) is 0 Å². The average Bonchev–Trinajstić information content (AvgIpc) is 2.96. The SMILES string of the molecule is CCOC(=O)CC(c1cn(CC)nc1C)c1oc(CO)cc(=O)c1O. The molecular formula is C17H22N2O6. The molecule has 0 aliphatic rings. The van der Waals surface area contributed by atoms with Crippen LogP contribution in [0.3, 0.4) is 0 Å². The van der Waals surface area contributed by atoms with Crippen LogP contribution in [0.25, 0.3) is 0 Å². The highest BCUT2D eigenvalue weighted by Gasteiger charge is 2.29. The zero-order chi connectivity index (χ0) is 18.6. The highest BCUT2D eigenvalue weighted by Crippen LogP contribution is 2.34. The van der Waals surface area contributed by atoms with Crippen LogP contribution in [-0.4, -0.2) is 32.6 Å². The second kappa shape index (κ2) is 7.98. The van der Waals surface area contributed by atoms with Crippen LogP contribution in [-0.2, 0) is 22.7 Å². The van der Waals surface area contributed by atoms with Crippen molar-refractivity contribution in [2.75, 3.05) is 6.61 Å². The number of aliphatic hydroxyl groups excluding tert-OH is 1. The Hall–Kier alpha value is -2.61. The van der Waals surface area contributed by atoms with Crippen LogP contribution in [0.4, 0.5) is 0 Å². The van der Waals surface area contributed by atoms with Crippen molar-refractivity contribution in [3.05, 3.63) is 45.3 Å². The zero-order valence-electron chi connectivity index (χ0n) is 14.5. The Balaban J connectivity index is 2.59. The minimum absolute atomic E-state index is 0.00666. The highest BCUT2D eigenvalue weighted by atomic mass is 16.5. The summed E-state index contributed by atoms with van der Waals surface area (Å²) in [7, 11) is 0. The van der Waals surface area contributed by atoms with Gasteiger partial charge >= 0.3 is 5.97 Å². The van der Waals surface area contributed by atoms with Gasteiger partial charge in [0.25, 0.3) is 0 Å². The van der Waals surface area contributed by atoms with E-state index in [1.165, 1.54) is 0 Å². The van der Waals surface area contributed by atoms with Gasteiger partial charge in [0, 0.05) is 24.4 Å². The van der Waals surface area contributed by atoms with E-state index < -0.39 is 29.7 Å². The zero-order valence-corrected chi connectivity index (χ0v) is 14.5. The van der Waals surface area contributed by atoms with Crippen molar-refractivity contribution in [3.8, 4) is 5.75 Å². The normalized spacial score (nSPS) is 12.2. The minimum atomic E-state index is -0.751. The summed E-state index contributed by atoms with van der Waals surface area (Å²) in [5.41, 5.74) is 0.607. The minimum Gasteiger partial charge on any atom is -0.502 e. The molecule has 0 fully saturated rings. The monoisotopic (exact) mass is 350 g/mol. The number of ether oxygens (including phenoxy) is 1. The van der Waals surface area contributed by atoms with Crippen LogP contribution in [0.1, 0.15) is 49.0 Å². The second-order valence-corrected chi connectivity index (χ2v) is 5.54. The molecule has 0 spiro atoms. The quantitative estimate of drug-likeness (QED) is 0.726. The molecule has 8 nitrogen and oxygen atoms in total. The van der Waals surface area contributed by atoms with Gasteiger partial charge in [0.1, 0.15) is 12.4 Å². The Kier molecular flexibility index (Phi) is 5.97. The summed E-state index contributed by atoms with van der Waals surface area (Å²) in [5, 5.41) is 23.8. The first-order valence-corrected chi connectivity index (χ1v) is 8.07. The molecule has 0 saturated carbocycles. The summed E-state index contributed by atoms with van der Waals surface area (Å²) in [6, 6.07) is 1.02. The smallest absolute Gasteiger partial charge is 0.306 e. The van der Waals surface area contributed by atoms with E-state index in [1.807, 2.05) is 6.92 Å². The summed E-state index contributed by atoms with van der Waals surface area (Å²) in [5.74, 6) is -1.91. The molecule has 0 radical (unpaired) electrons. The molecule has 0 bridgehead atoms. The predicted octanol–water partition coefficient (Wildman–Crippen LogP) is 1.45. The van der Waals surface area contributed by atoms with Gasteiger partial charge in [0.2, 0.25) is 11.2 Å². The molecule has 0 saturated heterocycles. The fraction of sp³-hybridized carbons (Fsp3) is 0.471. The number of aromatic hydroxyl groups is 1. The number of hydrogen-bond acceptors (Lipinski definition) is 7. The van der Waals surface area contributed by atoms with Gasteiger partial charge in [-0.15, -0.1) is 0 Å². The van der Waals surface area contributed by atoms with E-state index in [1.54, 1.807) is 24.7 Å². The number of esters is 1. The van der Waals surface area contributed by atoms with Crippen LogP contribution in [0.15, 0.2) is 21.5 Å². The van der Waals surface area contributed by atoms with Crippen molar-refractivity contribution in [1.82, 2.24) is 9.78 Å². The first-order chi connectivity index (χ1) is 11.9. The van der Waals surface area contributed by atoms with Crippen molar-refractivity contribution < 1.29 is 24.2 Å². The van der Waals surface area contributed by atoms with Crippen LogP contribution in [0.5, 0.6) is 5.75 Å². The summed E-state index contributed by atoms with van der Waals surface area (Å²) in [6.07, 6.45) is 1.61. The van der Waals surface area contributed by atoms with Gasteiger partial charge in [-0.2, -0.15) is 5.10 Å². The lowest BCUT2D eigenvalue weighted by Crippen LogP contribution is -2.15. The standard InChI is InChI=1S/C17H22N2O6/c1-4-19-8-13(10(3)18-19)12(7-15(22)24-5-2)17-16(23)14(21)6-11(9-20)25-17/h6,8,12,20,23H,4-5,7,9H2,1-3H3. The third-order valence-electron chi connectivity index (χ3n) is 3.83. The molecule has 2 aromatic rings. The predicted molar refractivity (Wildman–Crippen MR) is 88.3 cm³/mol. The number of aryl methyl sites for hydroxylation is 2. The summed E-state index contributed by atoms with van der Waals surface area (Å²) in [4.78, 5) is 24.0. The first-order valence-electron chi connectivity index (χ1n) is 8.07. The number of aliphatic hydroxyl groups is 1. The Morgan fingerprint density at radius 2 is 2.16 bits per heavy atom. The third kappa shape index (κ3) is 4.08. The van der Waals surface area contributed by atoms with Gasteiger partial charge in [-0.1, -0.05) is 0 Å². The van der Waals surface area contributed by atoms with Gasteiger partial charge in [-0.3, -0.25) is 14.3 Å². The van der Waals surface area contributed by atoms with E-state index in [-0.39, 0.29) is 24.5 Å². The third-order valence-corrected chi connectivity index (χ3v) is 3.83. The molecule has 2 N–H and O–H groups in total. The highest BCUT2D eigenvalue weighted by molar-refractivity contribution is 5.71. The van der Waals surface area contributed by atoms with Gasteiger partial charge in [0.15, 0.2) is 5.76 Å². The van der Waals surface area contributed by atoms with Crippen LogP contribution in [0.2, 0.25) is 0 Å². The fourth-order valence-electron chi connectivity index (χ4n) is 2.64. The Bertz CT molecular complexity index is 808. The van der Waals surface area contributed by atoms with Crippen molar-refractivity contribution in [2.24, 2.45) is 0 Å². The van der Waals surface area contributed by atoms with Crippen molar-refractivity contribution in [2.45, 2.75) is 46.3 Å². The van der Waals surface area contributed by atoms with Crippen molar-refractivity contribution in [1.29, 1.82) is 0 Å². The summed E-state index contributed by atoms with van der Waals surface area (Å²) < 4.78 is 12.2. The van der Waals surface area contributed by atoms with E-state index in [4.69, 9.17) is 9.15 Å². The maximum absolute atomic E-state index is 12.0. The second-order valence-electron chi connectivity index (χ2n) is 5.54. The maximum Gasteiger partial charge on any atom is 0.306 e. The summed E-state index contributed by atoms with van der Waals surface area (Å²) in [6.45, 7) is 5.72. The molecule has 1 atom stereocenters. The van der Waals surface area contributed by atoms with Gasteiger partial charge < -0.3 is 19.4 Å². The molecule has 0 aliphatic carbocycles. The van der Waals surface area contributed by atoms with Crippen LogP contribution in [0, 0.1) is 6.92 Å². The lowest BCUT2D eigenvalue weighted by atomic mass is 9.92. The van der Waals surface area contributed by atoms with Crippen LogP contribution < -0.4 is 5.43 Å². The largest absolute Gasteiger partial charge is 0.502 e. The Labute approximate surface area is 144 Å². The fourth-order valence-corrected chi connectivity index (χ4v) is 2.64. The Morgan fingerprint density at radius 1 is 1.44 bits per heavy atom. The average molecular weight is 350 g/mol. The first kappa shape index (κ1) is 18.7. The number of carbonyl (C=O) groups is 1. The molecule has 0 aromatic carbocycles. The molecule has 2 aromatic heterocycles. The van der Waals surface area contributed by atoms with Gasteiger partial charge in [-0.05, 0) is 20.8 Å². The lowest BCUT2D eigenvalue weighted by Gasteiger charge is -2.16. The Morgan fingerprint density at radius 3 is 2.72 bits per heavy atom. The molecule has 0 aliphatic heterocycles. The number of carbonyl (C=O) groups excluding carboxylic acids is 1. The van der Waals surface area contributed by atoms with Crippen molar-refractivity contribution >= 4 is 5.97 Å². The molecule has 25 heavy (non-hydrogen) atoms. The number of hydrogen-bond donors (Lipinski definition) is 2. The number of nitrogens with zero attached hydrogens (tertiary/aromatic N) is 2. The molecule has 0 amide bonds. The van der Waals surface area contributed by atoms with E-state index in [0.29, 0.717) is 17.8 Å². The number of aromatic nitrogens is 2. The number of rotatable bonds is 7. The molecular weight excluding hydrogens is 328 g/mol. The van der Waals surface area contributed by atoms with E-state index >= 15 is 0 Å². The molecule has 1 unspecified atom stereocenters. The lowest BCUT2D eigenvalue weighted by molar-refractivity contribution is -0.143. The van der Waals surface area contributed by atoms with Crippen LogP contribution >= 0.6 is 0 Å². The summed E-state index contributed by atoms with van der Waals surface area (Å²) >= 11 is 0. The maximum atomic E-state index is 12.0. The molecule has 2 rings (SSSR count). The van der Waals surface area contributed by atoms with E-state index in [9.17, 15) is 19.8 Å². The molecule has 8 heteroatoms. The van der Waals surface area contributed by atoms with E-state index in [0.717, 1.165) is 6.07 Å².